The first-order chi connectivity index (χ1) is 7.06. The standard InChI is InChI=1S/C9H12N2O3S/c1-3-4-11(2)8(12)7-10-6(5-15-7)9(13)14/h5H,3-4H2,1-2H3,(H,13,14). The Labute approximate surface area is 91.4 Å². The highest BCUT2D eigenvalue weighted by molar-refractivity contribution is 7.11. The summed E-state index contributed by atoms with van der Waals surface area (Å²) in [7, 11) is 1.67. The summed E-state index contributed by atoms with van der Waals surface area (Å²) < 4.78 is 0. The fraction of sp³-hybridized carbons (Fsp3) is 0.444. The zero-order chi connectivity index (χ0) is 11.4. The molecule has 1 aromatic rings. The predicted molar refractivity (Wildman–Crippen MR) is 56.3 cm³/mol. The lowest BCUT2D eigenvalue weighted by Crippen LogP contribution is -2.27. The van der Waals surface area contributed by atoms with E-state index in [-0.39, 0.29) is 16.6 Å². The van der Waals surface area contributed by atoms with Crippen LogP contribution >= 0.6 is 11.3 Å². The summed E-state index contributed by atoms with van der Waals surface area (Å²) >= 11 is 1.06. The Morgan fingerprint density at radius 2 is 2.27 bits per heavy atom. The first-order valence-electron chi connectivity index (χ1n) is 4.50. The summed E-state index contributed by atoms with van der Waals surface area (Å²) in [5, 5.41) is 10.2. The molecule has 0 aromatic carbocycles. The van der Waals surface area contributed by atoms with E-state index in [4.69, 9.17) is 5.11 Å². The normalized spacial score (nSPS) is 10.0. The Balaban J connectivity index is 2.78. The van der Waals surface area contributed by atoms with Crippen molar-refractivity contribution >= 4 is 23.2 Å². The number of amides is 1. The third-order valence-electron chi connectivity index (χ3n) is 1.81. The Bertz CT molecular complexity index is 375. The minimum atomic E-state index is -1.11. The molecule has 1 aromatic heterocycles. The molecule has 1 amide bonds. The van der Waals surface area contributed by atoms with E-state index in [2.05, 4.69) is 4.98 Å². The fourth-order valence-corrected chi connectivity index (χ4v) is 1.85. The van der Waals surface area contributed by atoms with Gasteiger partial charge in [-0.2, -0.15) is 0 Å². The predicted octanol–water partition coefficient (Wildman–Crippen LogP) is 1.32. The lowest BCUT2D eigenvalue weighted by atomic mass is 10.4. The minimum Gasteiger partial charge on any atom is -0.476 e. The van der Waals surface area contributed by atoms with Crippen molar-refractivity contribution < 1.29 is 14.7 Å². The van der Waals surface area contributed by atoms with Gasteiger partial charge in [0.1, 0.15) is 0 Å². The molecule has 0 spiro atoms. The van der Waals surface area contributed by atoms with Crippen molar-refractivity contribution in [3.63, 3.8) is 0 Å². The van der Waals surface area contributed by atoms with Gasteiger partial charge in [-0.05, 0) is 6.42 Å². The van der Waals surface area contributed by atoms with Crippen LogP contribution in [0.25, 0.3) is 0 Å². The number of carboxylic acids is 1. The first-order valence-corrected chi connectivity index (χ1v) is 5.38. The van der Waals surface area contributed by atoms with Gasteiger partial charge >= 0.3 is 5.97 Å². The molecule has 0 bridgehead atoms. The molecule has 0 saturated carbocycles. The molecule has 0 atom stereocenters. The fourth-order valence-electron chi connectivity index (χ4n) is 1.07. The van der Waals surface area contributed by atoms with Gasteiger partial charge in [-0.3, -0.25) is 4.79 Å². The minimum absolute atomic E-state index is 0.0757. The molecule has 1 N–H and O–H groups in total. The number of hydrogen-bond acceptors (Lipinski definition) is 4. The van der Waals surface area contributed by atoms with E-state index in [1.165, 1.54) is 10.3 Å². The van der Waals surface area contributed by atoms with E-state index in [1.807, 2.05) is 6.92 Å². The lowest BCUT2D eigenvalue weighted by molar-refractivity contribution is 0.0691. The van der Waals surface area contributed by atoms with Gasteiger partial charge in [-0.25, -0.2) is 9.78 Å². The van der Waals surface area contributed by atoms with Crippen LogP contribution in [0.5, 0.6) is 0 Å². The van der Waals surface area contributed by atoms with Crippen LogP contribution < -0.4 is 0 Å². The van der Waals surface area contributed by atoms with Gasteiger partial charge in [-0.15, -0.1) is 11.3 Å². The molecule has 0 unspecified atom stereocenters. The van der Waals surface area contributed by atoms with Crippen LogP contribution in [0.1, 0.15) is 33.6 Å². The third kappa shape index (κ3) is 2.76. The Kier molecular flexibility index (Phi) is 3.79. The van der Waals surface area contributed by atoms with Crippen molar-refractivity contribution in [3.8, 4) is 0 Å². The number of carbonyl (C=O) groups excluding carboxylic acids is 1. The molecule has 15 heavy (non-hydrogen) atoms. The topological polar surface area (TPSA) is 70.5 Å². The third-order valence-corrected chi connectivity index (χ3v) is 2.64. The van der Waals surface area contributed by atoms with Gasteiger partial charge in [-0.1, -0.05) is 6.92 Å². The van der Waals surface area contributed by atoms with Crippen molar-refractivity contribution in [2.24, 2.45) is 0 Å². The molecular weight excluding hydrogens is 216 g/mol. The molecule has 1 rings (SSSR count). The highest BCUT2D eigenvalue weighted by Crippen LogP contribution is 2.11. The highest BCUT2D eigenvalue weighted by atomic mass is 32.1. The van der Waals surface area contributed by atoms with Crippen LogP contribution in [0.4, 0.5) is 0 Å². The van der Waals surface area contributed by atoms with E-state index in [1.54, 1.807) is 7.05 Å². The van der Waals surface area contributed by atoms with Gasteiger partial charge in [0, 0.05) is 19.0 Å². The molecule has 82 valence electrons. The van der Waals surface area contributed by atoms with Crippen LogP contribution in [0.15, 0.2) is 5.38 Å². The molecule has 0 aliphatic carbocycles. The number of carboxylic acid groups (broad SMARTS) is 1. The summed E-state index contributed by atoms with van der Waals surface area (Å²) in [6.45, 7) is 2.61. The van der Waals surface area contributed by atoms with Crippen LogP contribution in [0.3, 0.4) is 0 Å². The molecule has 5 nitrogen and oxygen atoms in total. The second-order valence-electron chi connectivity index (χ2n) is 3.07. The number of thiazole rings is 1. The first kappa shape index (κ1) is 11.6. The molecule has 0 radical (unpaired) electrons. The smallest absolute Gasteiger partial charge is 0.355 e. The maximum Gasteiger partial charge on any atom is 0.355 e. The summed E-state index contributed by atoms with van der Waals surface area (Å²) in [5.74, 6) is -1.34. The maximum atomic E-state index is 11.7. The number of hydrogen-bond donors (Lipinski definition) is 1. The number of nitrogens with zero attached hydrogens (tertiary/aromatic N) is 2. The zero-order valence-corrected chi connectivity index (χ0v) is 9.37. The second-order valence-corrected chi connectivity index (χ2v) is 3.93. The van der Waals surface area contributed by atoms with Crippen LogP contribution in [0, 0.1) is 0 Å². The van der Waals surface area contributed by atoms with Crippen molar-refractivity contribution in [1.29, 1.82) is 0 Å². The summed E-state index contributed by atoms with van der Waals surface area (Å²) in [6, 6.07) is 0. The lowest BCUT2D eigenvalue weighted by Gasteiger charge is -2.13. The van der Waals surface area contributed by atoms with Crippen molar-refractivity contribution in [2.75, 3.05) is 13.6 Å². The van der Waals surface area contributed by atoms with E-state index in [0.717, 1.165) is 17.8 Å². The van der Waals surface area contributed by atoms with E-state index in [9.17, 15) is 9.59 Å². The van der Waals surface area contributed by atoms with Gasteiger partial charge in [0.05, 0.1) is 0 Å². The summed E-state index contributed by atoms with van der Waals surface area (Å²) in [4.78, 5) is 27.5. The molecule has 0 aliphatic rings. The van der Waals surface area contributed by atoms with E-state index in [0.29, 0.717) is 6.54 Å². The SMILES string of the molecule is CCCN(C)C(=O)c1nc(C(=O)O)cs1. The van der Waals surface area contributed by atoms with Crippen LogP contribution in [0.2, 0.25) is 0 Å². The van der Waals surface area contributed by atoms with Crippen LogP contribution in [-0.4, -0.2) is 40.5 Å². The largest absolute Gasteiger partial charge is 0.476 e. The molecule has 0 saturated heterocycles. The van der Waals surface area contributed by atoms with Gasteiger partial charge in [0.15, 0.2) is 10.7 Å². The van der Waals surface area contributed by atoms with Gasteiger partial charge in [0.25, 0.3) is 5.91 Å². The monoisotopic (exact) mass is 228 g/mol. The Hall–Kier alpha value is -1.43. The average molecular weight is 228 g/mol. The van der Waals surface area contributed by atoms with Gasteiger partial charge in [0.2, 0.25) is 0 Å². The number of carbonyl (C=O) groups is 2. The molecular formula is C9H12N2O3S. The second kappa shape index (κ2) is 4.88. The van der Waals surface area contributed by atoms with Crippen molar-refractivity contribution in [1.82, 2.24) is 9.88 Å². The Morgan fingerprint density at radius 1 is 1.60 bits per heavy atom. The Morgan fingerprint density at radius 3 is 2.73 bits per heavy atom. The maximum absolute atomic E-state index is 11.7. The highest BCUT2D eigenvalue weighted by Gasteiger charge is 2.17. The number of aromatic carboxylic acids is 1. The number of rotatable bonds is 4. The van der Waals surface area contributed by atoms with E-state index < -0.39 is 5.97 Å². The van der Waals surface area contributed by atoms with Crippen LogP contribution in [-0.2, 0) is 0 Å². The molecule has 0 fully saturated rings. The molecule has 0 aliphatic heterocycles. The van der Waals surface area contributed by atoms with Crippen molar-refractivity contribution in [2.45, 2.75) is 13.3 Å². The summed E-state index contributed by atoms with van der Waals surface area (Å²) in [6.07, 6.45) is 0.861. The van der Waals surface area contributed by atoms with Crippen molar-refractivity contribution in [3.05, 3.63) is 16.1 Å². The van der Waals surface area contributed by atoms with Gasteiger partial charge < -0.3 is 10.0 Å². The molecule has 6 heteroatoms. The number of aromatic nitrogens is 1. The molecule has 1 heterocycles. The quantitative estimate of drug-likeness (QED) is 0.843. The average Bonchev–Trinajstić information content (AvgIpc) is 2.65. The van der Waals surface area contributed by atoms with E-state index >= 15 is 0 Å². The summed E-state index contributed by atoms with van der Waals surface area (Å²) in [5.41, 5.74) is -0.0757. The zero-order valence-electron chi connectivity index (χ0n) is 8.56.